The summed E-state index contributed by atoms with van der Waals surface area (Å²) in [6.07, 6.45) is 5.76. The van der Waals surface area contributed by atoms with Gasteiger partial charge in [0.05, 0.1) is 11.2 Å². The Morgan fingerprint density at radius 3 is 2.69 bits per heavy atom. The van der Waals surface area contributed by atoms with E-state index in [-0.39, 0.29) is 12.2 Å². The molecule has 0 fully saturated rings. The van der Waals surface area contributed by atoms with Gasteiger partial charge in [-0.3, -0.25) is 4.79 Å². The number of carboxylic acid groups (broad SMARTS) is 1. The van der Waals surface area contributed by atoms with E-state index in [9.17, 15) is 9.18 Å². The van der Waals surface area contributed by atoms with Crippen LogP contribution in [-0.4, -0.2) is 16.1 Å². The highest BCUT2D eigenvalue weighted by molar-refractivity contribution is 5.84. The fourth-order valence-electron chi connectivity index (χ4n) is 5.23. The molecule has 2 N–H and O–H groups in total. The molecule has 4 nitrogen and oxygen atoms in total. The summed E-state index contributed by atoms with van der Waals surface area (Å²) in [5.74, 6) is -1.05. The number of fused-ring (bicyclic) bond motifs is 2. The average molecular weight is 483 g/mol. The lowest BCUT2D eigenvalue weighted by molar-refractivity contribution is -0.137. The van der Waals surface area contributed by atoms with Gasteiger partial charge in [0.1, 0.15) is 5.82 Å². The third kappa shape index (κ3) is 5.63. The first-order chi connectivity index (χ1) is 17.6. The molecule has 0 saturated heterocycles. The van der Waals surface area contributed by atoms with Gasteiger partial charge >= 0.3 is 5.97 Å². The Balaban J connectivity index is 1.39. The first-order valence-corrected chi connectivity index (χ1v) is 12.8. The average Bonchev–Trinajstić information content (AvgIpc) is 2.89. The van der Waals surface area contributed by atoms with Crippen LogP contribution in [0.5, 0.6) is 0 Å². The summed E-state index contributed by atoms with van der Waals surface area (Å²) in [6, 6.07) is 24.0. The number of rotatable bonds is 9. The molecule has 5 heteroatoms. The Morgan fingerprint density at radius 1 is 1.03 bits per heavy atom. The van der Waals surface area contributed by atoms with Crippen molar-refractivity contribution in [3.05, 3.63) is 101 Å². The van der Waals surface area contributed by atoms with Crippen molar-refractivity contribution in [1.29, 1.82) is 0 Å². The molecule has 0 radical (unpaired) electrons. The minimum atomic E-state index is -0.775. The number of pyridine rings is 1. The molecule has 1 aliphatic rings. The first kappa shape index (κ1) is 24.1. The zero-order valence-electron chi connectivity index (χ0n) is 20.3. The molecule has 4 aromatic rings. The van der Waals surface area contributed by atoms with Gasteiger partial charge in [-0.2, -0.15) is 0 Å². The number of carboxylic acids is 1. The van der Waals surface area contributed by atoms with Gasteiger partial charge in [-0.1, -0.05) is 30.3 Å². The quantitative estimate of drug-likeness (QED) is 0.252. The largest absolute Gasteiger partial charge is 0.481 e. The van der Waals surface area contributed by atoms with Crippen molar-refractivity contribution in [3.63, 3.8) is 0 Å². The number of halogens is 1. The number of hydrogen-bond donors (Lipinski definition) is 2. The number of unbranched alkanes of at least 4 members (excludes halogenated alkanes) is 1. The summed E-state index contributed by atoms with van der Waals surface area (Å²) in [5, 5.41) is 13.8. The van der Waals surface area contributed by atoms with Crippen molar-refractivity contribution in [3.8, 4) is 11.3 Å². The Morgan fingerprint density at radius 2 is 1.86 bits per heavy atom. The van der Waals surface area contributed by atoms with Crippen molar-refractivity contribution < 1.29 is 14.3 Å². The topological polar surface area (TPSA) is 62.2 Å². The van der Waals surface area contributed by atoms with E-state index in [4.69, 9.17) is 10.1 Å². The van der Waals surface area contributed by atoms with Crippen LogP contribution in [0.1, 0.15) is 60.4 Å². The molecule has 0 spiro atoms. The number of aliphatic carboxylic acids is 1. The molecule has 1 aliphatic carbocycles. The van der Waals surface area contributed by atoms with E-state index < -0.39 is 5.97 Å². The predicted octanol–water partition coefficient (Wildman–Crippen LogP) is 7.01. The number of carbonyl (C=O) groups is 1. The Kier molecular flexibility index (Phi) is 7.38. The van der Waals surface area contributed by atoms with Crippen LogP contribution in [-0.2, 0) is 24.2 Å². The predicted molar refractivity (Wildman–Crippen MR) is 141 cm³/mol. The van der Waals surface area contributed by atoms with Crippen LogP contribution in [0.4, 0.5) is 4.39 Å². The number of hydrogen-bond acceptors (Lipinski definition) is 3. The normalized spacial score (nSPS) is 15.1. The van der Waals surface area contributed by atoms with Crippen molar-refractivity contribution in [1.82, 2.24) is 10.3 Å². The number of aromatic nitrogens is 1. The van der Waals surface area contributed by atoms with E-state index in [1.807, 2.05) is 0 Å². The number of benzene rings is 3. The molecule has 0 bridgehead atoms. The second-order valence-corrected chi connectivity index (χ2v) is 9.66. The molecule has 0 aliphatic heterocycles. The molecule has 0 unspecified atom stereocenters. The Hall–Kier alpha value is -3.57. The monoisotopic (exact) mass is 482 g/mol. The Labute approximate surface area is 211 Å². The second kappa shape index (κ2) is 11.0. The zero-order chi connectivity index (χ0) is 24.9. The molecular weight excluding hydrogens is 451 g/mol. The molecule has 1 atom stereocenters. The highest BCUT2D eigenvalue weighted by Crippen LogP contribution is 2.31. The van der Waals surface area contributed by atoms with Crippen LogP contribution in [0.2, 0.25) is 0 Å². The lowest BCUT2D eigenvalue weighted by atomic mass is 9.87. The SMILES string of the molecule is O=C(O)CCCCc1cc2cc(CN[C@H]3CCCc4ccccc43)ccc2nc1-c1ccc(F)cc1. The van der Waals surface area contributed by atoms with Gasteiger partial charge in [0.25, 0.3) is 0 Å². The molecule has 3 aromatic carbocycles. The lowest BCUT2D eigenvalue weighted by Gasteiger charge is -2.26. The highest BCUT2D eigenvalue weighted by atomic mass is 19.1. The minimum absolute atomic E-state index is 0.160. The fraction of sp³-hybridized carbons (Fsp3) is 0.290. The third-order valence-corrected chi connectivity index (χ3v) is 7.08. The van der Waals surface area contributed by atoms with Gasteiger partial charge in [0.15, 0.2) is 0 Å². The van der Waals surface area contributed by atoms with E-state index in [1.165, 1.54) is 35.2 Å². The first-order valence-electron chi connectivity index (χ1n) is 12.8. The summed E-state index contributed by atoms with van der Waals surface area (Å²) in [7, 11) is 0. The van der Waals surface area contributed by atoms with E-state index >= 15 is 0 Å². The molecule has 5 rings (SSSR count). The van der Waals surface area contributed by atoms with E-state index in [1.54, 1.807) is 12.1 Å². The Bertz CT molecular complexity index is 1370. The number of nitrogens with one attached hydrogen (secondary N) is 1. The van der Waals surface area contributed by atoms with Crippen molar-refractivity contribution in [2.75, 3.05) is 0 Å². The van der Waals surface area contributed by atoms with Crippen LogP contribution in [0.15, 0.2) is 72.8 Å². The van der Waals surface area contributed by atoms with Gasteiger partial charge in [0.2, 0.25) is 0 Å². The highest BCUT2D eigenvalue weighted by Gasteiger charge is 2.19. The molecule has 1 heterocycles. The van der Waals surface area contributed by atoms with Crippen LogP contribution in [0.25, 0.3) is 22.2 Å². The summed E-state index contributed by atoms with van der Waals surface area (Å²) >= 11 is 0. The van der Waals surface area contributed by atoms with E-state index in [2.05, 4.69) is 53.8 Å². The molecule has 184 valence electrons. The van der Waals surface area contributed by atoms with Gasteiger partial charge in [-0.05, 0) is 103 Å². The van der Waals surface area contributed by atoms with Crippen LogP contribution >= 0.6 is 0 Å². The molecule has 0 saturated carbocycles. The maximum Gasteiger partial charge on any atom is 0.303 e. The van der Waals surface area contributed by atoms with Gasteiger partial charge in [-0.25, -0.2) is 9.37 Å². The minimum Gasteiger partial charge on any atom is -0.481 e. The van der Waals surface area contributed by atoms with Crippen LogP contribution in [0, 0.1) is 5.82 Å². The van der Waals surface area contributed by atoms with Crippen molar-refractivity contribution >= 4 is 16.9 Å². The van der Waals surface area contributed by atoms with Crippen molar-refractivity contribution in [2.45, 2.75) is 57.5 Å². The van der Waals surface area contributed by atoms with E-state index in [0.717, 1.165) is 60.0 Å². The molecular formula is C31H31FN2O2. The summed E-state index contributed by atoms with van der Waals surface area (Å²) < 4.78 is 13.5. The lowest BCUT2D eigenvalue weighted by Crippen LogP contribution is -2.24. The third-order valence-electron chi connectivity index (χ3n) is 7.08. The maximum atomic E-state index is 13.5. The van der Waals surface area contributed by atoms with E-state index in [0.29, 0.717) is 12.5 Å². The summed E-state index contributed by atoms with van der Waals surface area (Å²) in [4.78, 5) is 15.9. The number of aryl methyl sites for hydroxylation is 2. The standard InChI is InChI=1S/C31H31FN2O2/c32-26-15-13-23(14-16-26)31-24(7-2-4-11-30(35)36)19-25-18-21(12-17-28(25)34-31)20-33-29-10-5-8-22-6-1-3-9-27(22)29/h1,3,6,9,12-19,29,33H,2,4-5,7-8,10-11,20H2,(H,35,36)/t29-/m0/s1. The van der Waals surface area contributed by atoms with Gasteiger partial charge in [0, 0.05) is 30.0 Å². The summed E-state index contributed by atoms with van der Waals surface area (Å²) in [6.45, 7) is 0.780. The van der Waals surface area contributed by atoms with Gasteiger partial charge < -0.3 is 10.4 Å². The second-order valence-electron chi connectivity index (χ2n) is 9.66. The van der Waals surface area contributed by atoms with Crippen LogP contribution < -0.4 is 5.32 Å². The molecule has 36 heavy (non-hydrogen) atoms. The smallest absolute Gasteiger partial charge is 0.303 e. The summed E-state index contributed by atoms with van der Waals surface area (Å²) in [5.41, 5.74) is 7.74. The van der Waals surface area contributed by atoms with Crippen LogP contribution in [0.3, 0.4) is 0 Å². The van der Waals surface area contributed by atoms with Crippen molar-refractivity contribution in [2.24, 2.45) is 0 Å². The molecule has 0 amide bonds. The number of nitrogens with zero attached hydrogens (tertiary/aromatic N) is 1. The fourth-order valence-corrected chi connectivity index (χ4v) is 5.23. The maximum absolute atomic E-state index is 13.5. The van der Waals surface area contributed by atoms with Gasteiger partial charge in [-0.15, -0.1) is 0 Å². The zero-order valence-corrected chi connectivity index (χ0v) is 20.3. The molecule has 1 aromatic heterocycles.